The summed E-state index contributed by atoms with van der Waals surface area (Å²) < 4.78 is 26.6. The topological polar surface area (TPSA) is 88.9 Å². The van der Waals surface area contributed by atoms with Crippen LogP contribution in [-0.4, -0.2) is 47.7 Å². The first-order valence-electron chi connectivity index (χ1n) is 15.8. The Hall–Kier alpha value is -2.32. The SMILES string of the molecule is C[C@]12CCC(=NOC(=O)C3CCN(S(=O)(=O)C4CC4)CC3)C=C1CC[C@H]1[C@@H]2CC[C@]2(C)C(c3cccnc3)=CC[C@@H]12. The van der Waals surface area contributed by atoms with Crippen molar-refractivity contribution in [3.05, 3.63) is 47.8 Å². The smallest absolute Gasteiger partial charge is 0.318 e. The molecule has 5 aliphatic carbocycles. The van der Waals surface area contributed by atoms with E-state index in [0.717, 1.165) is 43.7 Å². The maximum atomic E-state index is 12.8. The van der Waals surface area contributed by atoms with Crippen molar-refractivity contribution in [2.45, 2.75) is 89.7 Å². The molecule has 7 nitrogen and oxygen atoms in total. The Labute approximate surface area is 244 Å². The molecule has 0 aromatic carbocycles. The average Bonchev–Trinajstić information content (AvgIpc) is 3.79. The van der Waals surface area contributed by atoms with E-state index in [4.69, 9.17) is 4.84 Å². The highest BCUT2D eigenvalue weighted by Crippen LogP contribution is 2.66. The Morgan fingerprint density at radius 1 is 1.02 bits per heavy atom. The Morgan fingerprint density at radius 2 is 1.83 bits per heavy atom. The molecule has 0 unspecified atom stereocenters. The number of rotatable bonds is 5. The van der Waals surface area contributed by atoms with Gasteiger partial charge in [-0.15, -0.1) is 0 Å². The van der Waals surface area contributed by atoms with Gasteiger partial charge < -0.3 is 4.84 Å². The van der Waals surface area contributed by atoms with Crippen molar-refractivity contribution in [3.63, 3.8) is 0 Å². The minimum atomic E-state index is -3.18. The van der Waals surface area contributed by atoms with Gasteiger partial charge in [-0.3, -0.25) is 4.98 Å². The van der Waals surface area contributed by atoms with Gasteiger partial charge in [0.2, 0.25) is 10.0 Å². The molecule has 6 aliphatic rings. The maximum Gasteiger partial charge on any atom is 0.338 e. The van der Waals surface area contributed by atoms with Crippen LogP contribution in [0.5, 0.6) is 0 Å². The molecule has 0 spiro atoms. The molecule has 4 fully saturated rings. The second-order valence-electron chi connectivity index (χ2n) is 14.0. The van der Waals surface area contributed by atoms with Crippen LogP contribution in [0.15, 0.2) is 47.4 Å². The van der Waals surface area contributed by atoms with Crippen LogP contribution >= 0.6 is 0 Å². The van der Waals surface area contributed by atoms with Crippen LogP contribution in [0.1, 0.15) is 90.0 Å². The normalized spacial score (nSPS) is 37.0. The summed E-state index contributed by atoms with van der Waals surface area (Å²) in [6, 6.07) is 4.28. The van der Waals surface area contributed by atoms with Crippen molar-refractivity contribution in [1.82, 2.24) is 9.29 Å². The number of piperidine rings is 1. The fourth-order valence-corrected chi connectivity index (χ4v) is 11.2. The summed E-state index contributed by atoms with van der Waals surface area (Å²) >= 11 is 0. The van der Waals surface area contributed by atoms with Crippen molar-refractivity contribution in [2.24, 2.45) is 39.7 Å². The molecular formula is C33H43N3O4S. The predicted molar refractivity (Wildman–Crippen MR) is 159 cm³/mol. The molecule has 1 aromatic rings. The van der Waals surface area contributed by atoms with E-state index in [1.807, 2.05) is 12.4 Å². The number of pyridine rings is 1. The number of oxime groups is 1. The summed E-state index contributed by atoms with van der Waals surface area (Å²) in [4.78, 5) is 22.7. The monoisotopic (exact) mass is 577 g/mol. The van der Waals surface area contributed by atoms with Crippen LogP contribution in [0.4, 0.5) is 0 Å². The third kappa shape index (κ3) is 4.64. The number of nitrogens with zero attached hydrogens (tertiary/aromatic N) is 3. The summed E-state index contributed by atoms with van der Waals surface area (Å²) in [5, 5.41) is 4.14. The number of aromatic nitrogens is 1. The molecule has 0 N–H and O–H groups in total. The molecule has 1 saturated heterocycles. The average molecular weight is 578 g/mol. The van der Waals surface area contributed by atoms with Gasteiger partial charge in [0.25, 0.3) is 0 Å². The van der Waals surface area contributed by atoms with Gasteiger partial charge in [-0.25, -0.2) is 17.5 Å². The van der Waals surface area contributed by atoms with Crippen molar-refractivity contribution >= 4 is 27.3 Å². The van der Waals surface area contributed by atoms with Gasteiger partial charge in [0.05, 0.1) is 16.9 Å². The fraction of sp³-hybridized carbons (Fsp3) is 0.667. The highest BCUT2D eigenvalue weighted by atomic mass is 32.2. The highest BCUT2D eigenvalue weighted by Gasteiger charge is 2.57. The molecule has 220 valence electrons. The summed E-state index contributed by atoms with van der Waals surface area (Å²) in [5.74, 6) is 1.50. The van der Waals surface area contributed by atoms with Gasteiger partial charge in [-0.1, -0.05) is 36.7 Å². The van der Waals surface area contributed by atoms with Crippen molar-refractivity contribution in [1.29, 1.82) is 0 Å². The number of allylic oxidation sites excluding steroid dienone is 4. The van der Waals surface area contributed by atoms with E-state index in [9.17, 15) is 13.2 Å². The summed E-state index contributed by atoms with van der Waals surface area (Å²) in [6.45, 7) is 5.79. The summed E-state index contributed by atoms with van der Waals surface area (Å²) in [6.07, 6.45) is 19.0. The lowest BCUT2D eigenvalue weighted by Gasteiger charge is -2.58. The Bertz CT molecular complexity index is 1410. The number of carbonyl (C=O) groups excluding carboxylic acids is 1. The van der Waals surface area contributed by atoms with Gasteiger partial charge in [-0.2, -0.15) is 0 Å². The number of hydrogen-bond acceptors (Lipinski definition) is 6. The summed E-state index contributed by atoms with van der Waals surface area (Å²) in [5.41, 5.74) is 5.58. The lowest BCUT2D eigenvalue weighted by atomic mass is 9.46. The van der Waals surface area contributed by atoms with Crippen molar-refractivity contribution in [3.8, 4) is 0 Å². The second-order valence-corrected chi connectivity index (χ2v) is 16.2. The van der Waals surface area contributed by atoms with E-state index in [1.165, 1.54) is 42.4 Å². The van der Waals surface area contributed by atoms with Crippen LogP contribution in [0.2, 0.25) is 0 Å². The van der Waals surface area contributed by atoms with Gasteiger partial charge in [0.1, 0.15) is 0 Å². The highest BCUT2D eigenvalue weighted by molar-refractivity contribution is 7.90. The number of sulfonamides is 1. The van der Waals surface area contributed by atoms with Gasteiger partial charge in [-0.05, 0) is 122 Å². The predicted octanol–water partition coefficient (Wildman–Crippen LogP) is 6.14. The number of carbonyl (C=O) groups is 1. The molecule has 1 aromatic heterocycles. The maximum absolute atomic E-state index is 12.8. The van der Waals surface area contributed by atoms with E-state index in [1.54, 1.807) is 4.31 Å². The first-order chi connectivity index (χ1) is 19.7. The largest absolute Gasteiger partial charge is 0.338 e. The molecule has 5 atom stereocenters. The van der Waals surface area contributed by atoms with Crippen molar-refractivity contribution < 1.29 is 18.0 Å². The fourth-order valence-electron chi connectivity index (χ4n) is 9.28. The first-order valence-corrected chi connectivity index (χ1v) is 17.3. The van der Waals surface area contributed by atoms with E-state index in [0.29, 0.717) is 37.8 Å². The Kier molecular flexibility index (Phi) is 6.81. The minimum Gasteiger partial charge on any atom is -0.318 e. The molecule has 2 heterocycles. The minimum absolute atomic E-state index is 0.185. The lowest BCUT2D eigenvalue weighted by Crippen LogP contribution is -2.49. The summed E-state index contributed by atoms with van der Waals surface area (Å²) in [7, 11) is -3.18. The molecule has 8 heteroatoms. The van der Waals surface area contributed by atoms with Crippen molar-refractivity contribution in [2.75, 3.05) is 13.1 Å². The van der Waals surface area contributed by atoms with Crippen LogP contribution < -0.4 is 0 Å². The Balaban J connectivity index is 0.994. The molecule has 0 radical (unpaired) electrons. The molecule has 0 bridgehead atoms. The van der Waals surface area contributed by atoms with E-state index >= 15 is 0 Å². The van der Waals surface area contributed by atoms with Crippen LogP contribution in [-0.2, 0) is 19.7 Å². The second kappa shape index (κ2) is 10.1. The zero-order valence-electron chi connectivity index (χ0n) is 24.4. The zero-order chi connectivity index (χ0) is 28.4. The Morgan fingerprint density at radius 3 is 2.56 bits per heavy atom. The van der Waals surface area contributed by atoms with Gasteiger partial charge >= 0.3 is 5.97 Å². The standard InChI is InChI=1S/C33H43N3O4S/c1-32-15-11-25(35-40-31(37)22-13-18-36(19-14-22)41(38,39)26-6-7-26)20-24(32)5-8-27-29-10-9-28(23-4-3-17-34-21-23)33(29,2)16-12-30(27)32/h3-4,9,17,20-22,26-27,29-30H,5-8,10-16,18-19H2,1-2H3/t27-,29+,30+,32+,33-/m1/s1. The zero-order valence-corrected chi connectivity index (χ0v) is 25.2. The van der Waals surface area contributed by atoms with Gasteiger partial charge in [0.15, 0.2) is 0 Å². The molecular weight excluding hydrogens is 534 g/mol. The molecule has 0 amide bonds. The molecule has 1 aliphatic heterocycles. The molecule has 3 saturated carbocycles. The van der Waals surface area contributed by atoms with E-state index in [2.05, 4.69) is 48.3 Å². The quantitative estimate of drug-likeness (QED) is 0.310. The molecule has 7 rings (SSSR count). The third-order valence-electron chi connectivity index (χ3n) is 11.9. The van der Waals surface area contributed by atoms with E-state index in [-0.39, 0.29) is 28.0 Å². The van der Waals surface area contributed by atoms with Crippen LogP contribution in [0, 0.1) is 34.5 Å². The lowest BCUT2D eigenvalue weighted by molar-refractivity contribution is -0.149. The number of hydrogen-bond donors (Lipinski definition) is 0. The molecule has 41 heavy (non-hydrogen) atoms. The first kappa shape index (κ1) is 27.5. The van der Waals surface area contributed by atoms with Crippen LogP contribution in [0.25, 0.3) is 5.57 Å². The van der Waals surface area contributed by atoms with Crippen LogP contribution in [0.3, 0.4) is 0 Å². The van der Waals surface area contributed by atoms with Gasteiger partial charge in [0, 0.05) is 25.5 Å². The van der Waals surface area contributed by atoms with E-state index < -0.39 is 10.0 Å². The third-order valence-corrected chi connectivity index (χ3v) is 14.3. The number of fused-ring (bicyclic) bond motifs is 5.